The van der Waals surface area contributed by atoms with Crippen LogP contribution in [-0.4, -0.2) is 89.0 Å². The monoisotopic (exact) mass is 886 g/mol. The Hall–Kier alpha value is -6.50. The van der Waals surface area contributed by atoms with Gasteiger partial charge in [-0.05, 0) is 79.6 Å². The molecule has 0 saturated heterocycles. The Bertz CT molecular complexity index is 2450. The summed E-state index contributed by atoms with van der Waals surface area (Å²) >= 11 is 0. The summed E-state index contributed by atoms with van der Waals surface area (Å²) in [5.74, 6) is -3.58. The first-order chi connectivity index (χ1) is 30.8. The first kappa shape index (κ1) is 49.5. The number of fused-ring (bicyclic) bond motifs is 5. The highest BCUT2D eigenvalue weighted by molar-refractivity contribution is 6.01. The van der Waals surface area contributed by atoms with Crippen molar-refractivity contribution in [2.45, 2.75) is 97.6 Å². The van der Waals surface area contributed by atoms with Crippen LogP contribution in [0.2, 0.25) is 0 Å². The molecule has 3 aromatic carbocycles. The van der Waals surface area contributed by atoms with Gasteiger partial charge in [-0.2, -0.15) is 5.26 Å². The third-order valence-corrected chi connectivity index (χ3v) is 11.9. The van der Waals surface area contributed by atoms with Crippen molar-refractivity contribution in [3.05, 3.63) is 88.2 Å². The van der Waals surface area contributed by atoms with Crippen LogP contribution in [0.5, 0.6) is 11.5 Å². The number of phenols is 1. The molecule has 0 spiro atoms. The number of nitrogens with one attached hydrogen (secondary N) is 2. The minimum Gasteiger partial charge on any atom is -0.507 e. The van der Waals surface area contributed by atoms with Crippen LogP contribution in [0.15, 0.2) is 54.6 Å². The maximum Gasteiger partial charge on any atom is 0.226 e. The predicted octanol–water partition coefficient (Wildman–Crippen LogP) is 6.06. The molecule has 5 rings (SSSR count). The van der Waals surface area contributed by atoms with Crippen LogP contribution in [0.25, 0.3) is 22.5 Å². The second kappa shape index (κ2) is 21.5. The summed E-state index contributed by atoms with van der Waals surface area (Å²) in [5.41, 5.74) is 17.2. The lowest BCUT2D eigenvalue weighted by Gasteiger charge is -2.32. The fraction of sp³-hybridized carbons (Fsp3) is 0.440. The first-order valence-corrected chi connectivity index (χ1v) is 22.0. The number of phenolic OH excluding ortho intramolecular Hbond substituents is 1. The SMILES string of the molecule is COc1c(NCCN)cc2cc1-c1cc(ccc1O)C[C@@H](C(=O)CCC#N)NC(=O)[C@H](C)CC(=O)[C@H]2N(C)C(=O)[C@H](CCN)CC(=O)c1c(C)nc(-c2ccc(C(C)(C)C)cc2)nc1C. The summed E-state index contributed by atoms with van der Waals surface area (Å²) < 4.78 is 5.92. The molecule has 1 aliphatic rings. The third-order valence-electron chi connectivity index (χ3n) is 11.9. The van der Waals surface area contributed by atoms with E-state index in [1.807, 2.05) is 30.3 Å². The molecule has 0 unspecified atom stereocenters. The number of ketones is 3. The Labute approximate surface area is 381 Å². The zero-order chi connectivity index (χ0) is 47.7. The van der Waals surface area contributed by atoms with Crippen molar-refractivity contribution < 1.29 is 33.8 Å². The molecule has 0 radical (unpaired) electrons. The molecular formula is C50H62N8O7. The molecule has 1 aromatic heterocycles. The molecule has 15 heteroatoms. The summed E-state index contributed by atoms with van der Waals surface area (Å²) in [5, 5.41) is 26.6. The lowest BCUT2D eigenvalue weighted by molar-refractivity contribution is -0.142. The number of aromatic nitrogens is 2. The number of aryl methyl sites for hydroxylation is 2. The molecule has 2 amide bonds. The smallest absolute Gasteiger partial charge is 0.226 e. The van der Waals surface area contributed by atoms with Gasteiger partial charge in [0.2, 0.25) is 11.8 Å². The predicted molar refractivity (Wildman–Crippen MR) is 249 cm³/mol. The van der Waals surface area contributed by atoms with Crippen LogP contribution in [-0.2, 0) is 31.0 Å². The van der Waals surface area contributed by atoms with Crippen LogP contribution in [0.1, 0.15) is 104 Å². The Balaban J connectivity index is 1.58. The Kier molecular flexibility index (Phi) is 16.3. The Morgan fingerprint density at radius 2 is 1.68 bits per heavy atom. The number of carbonyl (C=O) groups excluding carboxylic acids is 5. The fourth-order valence-electron chi connectivity index (χ4n) is 8.40. The van der Waals surface area contributed by atoms with E-state index < -0.39 is 41.5 Å². The molecular weight excluding hydrogens is 825 g/mol. The number of ether oxygens (including phenoxy) is 1. The molecule has 1 aliphatic heterocycles. The molecule has 7 N–H and O–H groups in total. The molecule has 0 fully saturated rings. The van der Waals surface area contributed by atoms with Crippen LogP contribution < -0.4 is 26.8 Å². The number of rotatable bonds is 15. The normalized spacial score (nSPS) is 17.0. The highest BCUT2D eigenvalue weighted by atomic mass is 16.5. The number of nitrogens with two attached hydrogens (primary N) is 2. The molecule has 65 heavy (non-hydrogen) atoms. The van der Waals surface area contributed by atoms with E-state index in [1.165, 1.54) is 25.1 Å². The highest BCUT2D eigenvalue weighted by Crippen LogP contribution is 2.44. The van der Waals surface area contributed by atoms with E-state index >= 15 is 0 Å². The van der Waals surface area contributed by atoms with Gasteiger partial charge in [0.1, 0.15) is 17.5 Å². The van der Waals surface area contributed by atoms with Crippen molar-refractivity contribution in [2.24, 2.45) is 23.3 Å². The number of hydrogen-bond donors (Lipinski definition) is 5. The van der Waals surface area contributed by atoms with Crippen LogP contribution >= 0.6 is 0 Å². The maximum atomic E-state index is 14.8. The van der Waals surface area contributed by atoms with Gasteiger partial charge in [0.25, 0.3) is 0 Å². The number of aromatic hydroxyl groups is 1. The number of Topliss-reactive ketones (excluding diaryl/α,β-unsaturated/α-hetero) is 3. The number of nitriles is 1. The van der Waals surface area contributed by atoms with Crippen molar-refractivity contribution in [3.8, 4) is 40.1 Å². The van der Waals surface area contributed by atoms with Crippen molar-refractivity contribution in [1.29, 1.82) is 5.26 Å². The second-order valence-corrected chi connectivity index (χ2v) is 17.9. The van der Waals surface area contributed by atoms with Crippen molar-refractivity contribution >= 4 is 34.9 Å². The zero-order valence-electron chi connectivity index (χ0n) is 38.7. The minimum absolute atomic E-state index is 0.0351. The standard InChI is InChI=1S/C50H62N8O7/c1-28-22-43(62)45(58(7)49(64)33(17-19-52)27-42(61)44-29(2)55-47(56-30(44)3)32-12-14-35(15-13-32)50(4,5)6)34-25-37(46(65-8)39(26-34)54-21-20-53)36-23-31(11-16-40(36)59)24-38(57-48(28)63)41(60)10-9-18-51/h11-16,23,25-26,28,33,38,45,54,59H,9-10,17,19-22,24,27,52-53H2,1-8H3,(H,57,63)/t28-,33-,38+,45+/m1/s1. The quantitative estimate of drug-likeness (QED) is 0.0854. The Morgan fingerprint density at radius 3 is 2.28 bits per heavy atom. The first-order valence-electron chi connectivity index (χ1n) is 22.0. The average molecular weight is 887 g/mol. The van der Waals surface area contributed by atoms with E-state index in [0.29, 0.717) is 63.0 Å². The Morgan fingerprint density at radius 1 is 1.00 bits per heavy atom. The summed E-state index contributed by atoms with van der Waals surface area (Å²) in [7, 11) is 2.94. The maximum absolute atomic E-state index is 14.8. The topological polar surface area (TPSA) is 244 Å². The van der Waals surface area contributed by atoms with Crippen LogP contribution in [0.3, 0.4) is 0 Å². The average Bonchev–Trinajstić information content (AvgIpc) is 3.26. The van der Waals surface area contributed by atoms with Gasteiger partial charge in [-0.1, -0.05) is 58.0 Å². The van der Waals surface area contributed by atoms with E-state index in [4.69, 9.17) is 26.2 Å². The number of likely N-dealkylation sites (N-methyl/N-ethyl adjacent to an activating group) is 1. The lowest BCUT2D eigenvalue weighted by Crippen LogP contribution is -2.46. The summed E-state index contributed by atoms with van der Waals surface area (Å²) in [4.78, 5) is 81.8. The van der Waals surface area contributed by atoms with Gasteiger partial charge in [-0.25, -0.2) is 9.97 Å². The van der Waals surface area contributed by atoms with Gasteiger partial charge in [0.05, 0.1) is 41.9 Å². The van der Waals surface area contributed by atoms with Crippen LogP contribution in [0, 0.1) is 37.0 Å². The minimum atomic E-state index is -1.31. The summed E-state index contributed by atoms with van der Waals surface area (Å²) in [6.07, 6.45) is -0.566. The fourth-order valence-corrected chi connectivity index (χ4v) is 8.40. The largest absolute Gasteiger partial charge is 0.507 e. The molecule has 2 heterocycles. The number of methoxy groups -OCH3 is 1. The van der Waals surface area contributed by atoms with E-state index in [0.717, 1.165) is 11.1 Å². The van der Waals surface area contributed by atoms with Gasteiger partial charge in [0, 0.05) is 74.3 Å². The molecule has 4 bridgehead atoms. The number of benzene rings is 3. The van der Waals surface area contributed by atoms with Gasteiger partial charge >= 0.3 is 0 Å². The van der Waals surface area contributed by atoms with Crippen molar-refractivity contribution in [2.75, 3.05) is 39.1 Å². The van der Waals surface area contributed by atoms with E-state index in [2.05, 4.69) is 31.4 Å². The van der Waals surface area contributed by atoms with Gasteiger partial charge in [-0.3, -0.25) is 24.0 Å². The highest BCUT2D eigenvalue weighted by Gasteiger charge is 2.37. The third kappa shape index (κ3) is 11.6. The summed E-state index contributed by atoms with van der Waals surface area (Å²) in [6.45, 7) is 12.0. The number of hydrogen-bond acceptors (Lipinski definition) is 13. The number of anilines is 1. The number of carbonyl (C=O) groups is 5. The second-order valence-electron chi connectivity index (χ2n) is 17.9. The molecule has 15 nitrogen and oxygen atoms in total. The van der Waals surface area contributed by atoms with Crippen molar-refractivity contribution in [1.82, 2.24) is 20.2 Å². The molecule has 4 atom stereocenters. The summed E-state index contributed by atoms with van der Waals surface area (Å²) in [6, 6.07) is 15.7. The van der Waals surface area contributed by atoms with E-state index in [9.17, 15) is 34.3 Å². The van der Waals surface area contributed by atoms with Gasteiger partial charge < -0.3 is 36.8 Å². The molecule has 4 aromatic rings. The molecule has 344 valence electrons. The van der Waals surface area contributed by atoms with Gasteiger partial charge in [0.15, 0.2) is 23.2 Å². The van der Waals surface area contributed by atoms with E-state index in [1.54, 1.807) is 45.0 Å². The molecule has 0 saturated carbocycles. The number of amides is 2. The zero-order valence-corrected chi connectivity index (χ0v) is 38.7. The molecule has 0 aliphatic carbocycles. The lowest BCUT2D eigenvalue weighted by atomic mass is 9.86. The van der Waals surface area contributed by atoms with Crippen molar-refractivity contribution in [3.63, 3.8) is 0 Å². The number of nitrogens with zero attached hydrogens (tertiary/aromatic N) is 4. The van der Waals surface area contributed by atoms with Gasteiger partial charge in [-0.15, -0.1) is 0 Å². The van der Waals surface area contributed by atoms with E-state index in [-0.39, 0.29) is 74.3 Å². The van der Waals surface area contributed by atoms with Crippen LogP contribution in [0.4, 0.5) is 5.69 Å².